The van der Waals surface area contributed by atoms with Crippen molar-refractivity contribution in [2.45, 2.75) is 134 Å². The number of carbonyl (C=O) groups excluding carboxylic acids is 4. The second kappa shape index (κ2) is 12.9. The minimum atomic E-state index is -2.27. The molecule has 14 heteroatoms. The molecule has 0 aromatic heterocycles. The summed E-state index contributed by atoms with van der Waals surface area (Å²) in [5.74, 6) is -4.64. The van der Waals surface area contributed by atoms with Crippen molar-refractivity contribution < 1.29 is 63.7 Å². The number of esters is 2. The molecule has 1 unspecified atom stereocenters. The number of hydrogen-bond acceptors (Lipinski definition) is 13. The summed E-state index contributed by atoms with van der Waals surface area (Å²) in [6, 6.07) is 6.87. The number of ether oxygens (including phenoxy) is 4. The van der Waals surface area contributed by atoms with Crippen LogP contribution in [0.5, 0.6) is 0 Å². The van der Waals surface area contributed by atoms with Gasteiger partial charge in [0.05, 0.1) is 35.8 Å². The Morgan fingerprint density at radius 1 is 1.02 bits per heavy atom. The molecule has 1 amide bonds. The zero-order valence-corrected chi connectivity index (χ0v) is 30.6. The third kappa shape index (κ3) is 6.05. The molecule has 1 saturated heterocycles. The summed E-state index contributed by atoms with van der Waals surface area (Å²) in [4.78, 5) is 54.8. The molecule has 1 aromatic carbocycles. The molecule has 6 N–H and O–H groups in total. The lowest BCUT2D eigenvalue weighted by molar-refractivity contribution is -0.343. The molecular weight excluding hydrogens is 678 g/mol. The minimum absolute atomic E-state index is 0.0178. The van der Waals surface area contributed by atoms with Gasteiger partial charge in [0.2, 0.25) is 0 Å². The summed E-state index contributed by atoms with van der Waals surface area (Å²) in [5, 5.41) is 62.8. The summed E-state index contributed by atoms with van der Waals surface area (Å²) < 4.78 is 23.1. The fraction of sp³-hybridized carbons (Fsp3) is 0.684. The van der Waals surface area contributed by atoms with Crippen molar-refractivity contribution in [3.05, 3.63) is 47.0 Å². The van der Waals surface area contributed by atoms with Gasteiger partial charge in [-0.1, -0.05) is 32.0 Å². The van der Waals surface area contributed by atoms with Gasteiger partial charge in [-0.25, -0.2) is 14.4 Å². The Kier molecular flexibility index (Phi) is 9.49. The molecule has 0 spiro atoms. The quantitative estimate of drug-likeness (QED) is 0.134. The number of aliphatic hydroxyl groups excluding tert-OH is 3. The van der Waals surface area contributed by atoms with Crippen LogP contribution in [-0.2, 0) is 28.5 Å². The predicted octanol–water partition coefficient (Wildman–Crippen LogP) is 1.73. The van der Waals surface area contributed by atoms with Gasteiger partial charge in [0.1, 0.15) is 35.1 Å². The lowest BCUT2D eigenvalue weighted by atomic mass is 9.44. The largest absolute Gasteiger partial charge is 0.456 e. The number of nitrogens with one attached hydrogen (secondary N) is 1. The van der Waals surface area contributed by atoms with E-state index in [0.29, 0.717) is 12.8 Å². The maximum atomic E-state index is 14.6. The number of ketones is 1. The van der Waals surface area contributed by atoms with Gasteiger partial charge in [-0.05, 0) is 76.7 Å². The summed E-state index contributed by atoms with van der Waals surface area (Å²) in [5.41, 5.74) is -8.19. The molecule has 52 heavy (non-hydrogen) atoms. The van der Waals surface area contributed by atoms with Crippen LogP contribution in [0.15, 0.2) is 41.5 Å². The van der Waals surface area contributed by atoms with Crippen LogP contribution in [0.3, 0.4) is 0 Å². The van der Waals surface area contributed by atoms with E-state index in [2.05, 4.69) is 5.32 Å². The van der Waals surface area contributed by atoms with Crippen molar-refractivity contribution in [3.8, 4) is 0 Å². The van der Waals surface area contributed by atoms with Crippen LogP contribution in [0.2, 0.25) is 0 Å². The number of amides is 1. The minimum Gasteiger partial charge on any atom is -0.456 e. The van der Waals surface area contributed by atoms with Gasteiger partial charge in [-0.2, -0.15) is 0 Å². The highest BCUT2D eigenvalue weighted by Crippen LogP contribution is 2.63. The van der Waals surface area contributed by atoms with Crippen LogP contribution < -0.4 is 5.32 Å². The van der Waals surface area contributed by atoms with Crippen LogP contribution in [-0.4, -0.2) is 115 Å². The number of fused-ring (bicyclic) bond motifs is 5. The molecule has 0 radical (unpaired) electrons. The van der Waals surface area contributed by atoms with Gasteiger partial charge in [0.15, 0.2) is 11.9 Å². The molecule has 1 heterocycles. The van der Waals surface area contributed by atoms with E-state index < -0.39 is 106 Å². The Morgan fingerprint density at radius 3 is 2.21 bits per heavy atom. The molecule has 14 nitrogen and oxygen atoms in total. The van der Waals surface area contributed by atoms with Crippen LogP contribution in [0, 0.1) is 22.7 Å². The van der Waals surface area contributed by atoms with Crippen LogP contribution in [0.25, 0.3) is 0 Å². The molecule has 5 aliphatic rings. The first kappa shape index (κ1) is 38.3. The Bertz CT molecular complexity index is 1650. The van der Waals surface area contributed by atoms with Crippen LogP contribution in [0.1, 0.15) is 84.5 Å². The topological polar surface area (TPSA) is 218 Å². The van der Waals surface area contributed by atoms with Gasteiger partial charge in [-0.3, -0.25) is 4.79 Å². The van der Waals surface area contributed by atoms with Gasteiger partial charge < -0.3 is 49.8 Å². The highest BCUT2D eigenvalue weighted by molar-refractivity contribution is 5.94. The molecular formula is C38H51NO13. The molecule has 4 fully saturated rings. The second-order valence-electron chi connectivity index (χ2n) is 17.0. The molecule has 3 saturated carbocycles. The van der Waals surface area contributed by atoms with Crippen molar-refractivity contribution in [3.63, 3.8) is 0 Å². The highest BCUT2D eigenvalue weighted by Gasteiger charge is 2.76. The number of aliphatic hydroxyl groups is 5. The molecule has 1 aliphatic heterocycles. The number of rotatable bonds is 7. The SMILES string of the molecule is CC1=C2[C@@H](O)C(=O)[C@@]3(C)[C@H]([C@H](OC(=O)c4ccccc4)[C@](O)(CC1OC(=O)[C@H](O)[C@@H](NC(=O)OC(C)(C)C)C1CC1)C2(C)C)[C@]1(O)CO[C@@H]1C[C@@H]3O. The van der Waals surface area contributed by atoms with Gasteiger partial charge in [-0.15, -0.1) is 0 Å². The zero-order valence-electron chi connectivity index (χ0n) is 30.6. The summed E-state index contributed by atoms with van der Waals surface area (Å²) >= 11 is 0. The van der Waals surface area contributed by atoms with E-state index in [4.69, 9.17) is 18.9 Å². The zero-order chi connectivity index (χ0) is 38.3. The first-order valence-corrected chi connectivity index (χ1v) is 17.9. The monoisotopic (exact) mass is 729 g/mol. The number of alkyl carbamates (subject to hydrolysis) is 1. The van der Waals surface area contributed by atoms with Crippen molar-refractivity contribution in [1.82, 2.24) is 5.32 Å². The number of Topliss-reactive ketones (excluding diaryl/α,β-unsaturated/α-hetero) is 1. The van der Waals surface area contributed by atoms with E-state index in [1.165, 1.54) is 26.0 Å². The molecule has 11 atom stereocenters. The number of benzene rings is 1. The first-order chi connectivity index (χ1) is 24.1. The third-order valence-corrected chi connectivity index (χ3v) is 12.3. The number of hydrogen-bond donors (Lipinski definition) is 6. The third-order valence-electron chi connectivity index (χ3n) is 12.3. The smallest absolute Gasteiger partial charge is 0.407 e. The van der Waals surface area contributed by atoms with Gasteiger partial charge in [0.25, 0.3) is 0 Å². The van der Waals surface area contributed by atoms with E-state index in [1.807, 2.05) is 0 Å². The maximum absolute atomic E-state index is 14.6. The average Bonchev–Trinajstić information content (AvgIpc) is 3.90. The Morgan fingerprint density at radius 2 is 1.65 bits per heavy atom. The standard InChI is InChI=1S/C38H51NO13/c1-18-21(50-32(45)27(42)25(19-13-14-19)39-33(46)52-34(2,3)4)16-38(48)30(51-31(44)20-11-9-8-10-12-20)28-36(7,22(40)15-23-37(28,47)17-49-23)29(43)26(41)24(18)35(38,5)6/h8-12,19,21-23,25-28,30,40-42,47-48H,13-17H2,1-7H3,(H,39,46)/t21?,22-,23+,25-,26+,27+,28-,30-,36+,37-,38+/m0/s1. The normalized spacial score (nSPS) is 37.9. The molecule has 4 aliphatic carbocycles. The molecule has 2 bridgehead atoms. The Balaban J connectivity index is 1.43. The molecule has 286 valence electrons. The summed E-state index contributed by atoms with van der Waals surface area (Å²) in [6.07, 6.45) is -9.54. The Hall–Kier alpha value is -3.40. The average molecular weight is 730 g/mol. The van der Waals surface area contributed by atoms with Crippen LogP contribution in [0.4, 0.5) is 4.79 Å². The fourth-order valence-corrected chi connectivity index (χ4v) is 9.09. The van der Waals surface area contributed by atoms with E-state index in [9.17, 15) is 44.7 Å². The van der Waals surface area contributed by atoms with Crippen molar-refractivity contribution in [2.75, 3.05) is 6.61 Å². The Labute approximate surface area is 302 Å². The summed E-state index contributed by atoms with van der Waals surface area (Å²) in [7, 11) is 0. The maximum Gasteiger partial charge on any atom is 0.407 e. The predicted molar refractivity (Wildman–Crippen MR) is 181 cm³/mol. The van der Waals surface area contributed by atoms with Crippen molar-refractivity contribution in [1.29, 1.82) is 0 Å². The first-order valence-electron chi connectivity index (χ1n) is 17.9. The van der Waals surface area contributed by atoms with Crippen molar-refractivity contribution >= 4 is 23.8 Å². The van der Waals surface area contributed by atoms with E-state index >= 15 is 0 Å². The number of carbonyl (C=O) groups is 4. The lowest BCUT2D eigenvalue weighted by Crippen LogP contribution is -2.81. The highest BCUT2D eigenvalue weighted by atomic mass is 16.6. The fourth-order valence-electron chi connectivity index (χ4n) is 9.09. The van der Waals surface area contributed by atoms with Crippen molar-refractivity contribution in [2.24, 2.45) is 22.7 Å². The molecule has 1 aromatic rings. The summed E-state index contributed by atoms with van der Waals surface area (Å²) in [6.45, 7) is 10.8. The van der Waals surface area contributed by atoms with E-state index in [1.54, 1.807) is 52.8 Å². The molecule has 6 rings (SSSR count). The van der Waals surface area contributed by atoms with Crippen LogP contribution >= 0.6 is 0 Å². The second-order valence-corrected chi connectivity index (χ2v) is 17.0. The van der Waals surface area contributed by atoms with Gasteiger partial charge in [0, 0.05) is 24.2 Å². The van der Waals surface area contributed by atoms with E-state index in [0.717, 1.165) is 0 Å². The van der Waals surface area contributed by atoms with Gasteiger partial charge >= 0.3 is 18.0 Å². The lowest BCUT2D eigenvalue weighted by Gasteiger charge is -2.66. The van der Waals surface area contributed by atoms with E-state index in [-0.39, 0.29) is 35.7 Å².